The van der Waals surface area contributed by atoms with E-state index in [0.717, 1.165) is 25.2 Å². The van der Waals surface area contributed by atoms with E-state index in [1.54, 1.807) is 0 Å². The van der Waals surface area contributed by atoms with Crippen LogP contribution in [0, 0.1) is 5.82 Å². The number of hydrogen-bond donors (Lipinski definition) is 2. The number of anilines is 1. The number of rotatable bonds is 3. The van der Waals surface area contributed by atoms with Crippen LogP contribution in [0.25, 0.3) is 0 Å². The number of aliphatic carboxylic acids is 1. The normalized spacial score (nSPS) is 18.3. The van der Waals surface area contributed by atoms with Gasteiger partial charge in [-0.3, -0.25) is 0 Å². The van der Waals surface area contributed by atoms with Crippen LogP contribution in [0.1, 0.15) is 25.7 Å². The Balaban J connectivity index is 2.18. The van der Waals surface area contributed by atoms with Crippen molar-refractivity contribution in [2.24, 2.45) is 0 Å². The molecule has 1 aliphatic carbocycles. The van der Waals surface area contributed by atoms with E-state index in [1.807, 2.05) is 0 Å². The Labute approximate surface area is 91.7 Å². The summed E-state index contributed by atoms with van der Waals surface area (Å²) in [7, 11) is 0. The van der Waals surface area contributed by atoms with Gasteiger partial charge in [0.25, 0.3) is 0 Å². The van der Waals surface area contributed by atoms with Crippen LogP contribution in [0.2, 0.25) is 0 Å². The Morgan fingerprint density at radius 2 is 1.94 bits per heavy atom. The van der Waals surface area contributed by atoms with Crippen LogP contribution in [-0.2, 0) is 4.79 Å². The fourth-order valence-corrected chi connectivity index (χ4v) is 1.96. The molecule has 0 amide bonds. The zero-order valence-corrected chi connectivity index (χ0v) is 8.61. The molecule has 0 spiro atoms. The van der Waals surface area contributed by atoms with Crippen LogP contribution in [0.3, 0.4) is 0 Å². The predicted octanol–water partition coefficient (Wildman–Crippen LogP) is 1.42. The Kier molecular flexibility index (Phi) is 2.72. The number of aromatic nitrogens is 2. The standard InChI is InChI=1S/C10H12FN3O2/c11-7-5-12-9(13-6-7)14-10(8(15)16)3-1-2-4-10/h5-6H,1-4H2,(H,15,16)(H,12,13,14). The van der Waals surface area contributed by atoms with E-state index < -0.39 is 17.3 Å². The van der Waals surface area contributed by atoms with Crippen molar-refractivity contribution in [2.45, 2.75) is 31.2 Å². The summed E-state index contributed by atoms with van der Waals surface area (Å²) < 4.78 is 12.6. The minimum Gasteiger partial charge on any atom is -0.480 e. The number of carboxylic acid groups (broad SMARTS) is 1. The molecule has 0 aliphatic heterocycles. The van der Waals surface area contributed by atoms with Gasteiger partial charge in [0.05, 0.1) is 12.4 Å². The van der Waals surface area contributed by atoms with Gasteiger partial charge in [-0.05, 0) is 12.8 Å². The maximum Gasteiger partial charge on any atom is 0.329 e. The van der Waals surface area contributed by atoms with Crippen molar-refractivity contribution in [2.75, 3.05) is 5.32 Å². The molecular formula is C10H12FN3O2. The Hall–Kier alpha value is -1.72. The molecule has 1 saturated carbocycles. The van der Waals surface area contributed by atoms with Crippen LogP contribution in [0.4, 0.5) is 10.3 Å². The molecule has 2 N–H and O–H groups in total. The summed E-state index contributed by atoms with van der Waals surface area (Å²) in [6.45, 7) is 0. The summed E-state index contributed by atoms with van der Waals surface area (Å²) in [6, 6.07) is 0. The van der Waals surface area contributed by atoms with Crippen LogP contribution in [0.15, 0.2) is 12.4 Å². The van der Waals surface area contributed by atoms with Gasteiger partial charge in [-0.2, -0.15) is 0 Å². The fraction of sp³-hybridized carbons (Fsp3) is 0.500. The molecule has 0 saturated heterocycles. The van der Waals surface area contributed by atoms with Crippen LogP contribution in [0.5, 0.6) is 0 Å². The van der Waals surface area contributed by atoms with E-state index in [4.69, 9.17) is 0 Å². The predicted molar refractivity (Wildman–Crippen MR) is 54.4 cm³/mol. The lowest BCUT2D eigenvalue weighted by molar-refractivity contribution is -0.142. The molecule has 1 heterocycles. The number of halogens is 1. The highest BCUT2D eigenvalue weighted by atomic mass is 19.1. The van der Waals surface area contributed by atoms with E-state index in [2.05, 4.69) is 15.3 Å². The third-order valence-electron chi connectivity index (χ3n) is 2.84. The summed E-state index contributed by atoms with van der Waals surface area (Å²) in [4.78, 5) is 18.6. The lowest BCUT2D eigenvalue weighted by Gasteiger charge is -2.24. The summed E-state index contributed by atoms with van der Waals surface area (Å²) in [5, 5.41) is 12.0. The summed E-state index contributed by atoms with van der Waals surface area (Å²) in [5.74, 6) is -1.29. The Bertz CT molecular complexity index is 388. The van der Waals surface area contributed by atoms with Gasteiger partial charge in [0.2, 0.25) is 5.95 Å². The maximum atomic E-state index is 12.6. The second-order valence-electron chi connectivity index (χ2n) is 3.94. The number of nitrogens with one attached hydrogen (secondary N) is 1. The molecule has 5 nitrogen and oxygen atoms in total. The molecule has 0 unspecified atom stereocenters. The fourth-order valence-electron chi connectivity index (χ4n) is 1.96. The third-order valence-corrected chi connectivity index (χ3v) is 2.84. The van der Waals surface area contributed by atoms with E-state index in [1.165, 1.54) is 0 Å². The quantitative estimate of drug-likeness (QED) is 0.813. The lowest BCUT2D eigenvalue weighted by Crippen LogP contribution is -2.44. The smallest absolute Gasteiger partial charge is 0.329 e. The summed E-state index contributed by atoms with van der Waals surface area (Å²) in [5.41, 5.74) is -0.988. The Morgan fingerprint density at radius 1 is 1.38 bits per heavy atom. The highest BCUT2D eigenvalue weighted by Crippen LogP contribution is 2.32. The monoisotopic (exact) mass is 225 g/mol. The van der Waals surface area contributed by atoms with Crippen molar-refractivity contribution in [3.05, 3.63) is 18.2 Å². The molecule has 1 aromatic heterocycles. The van der Waals surface area contributed by atoms with Crippen LogP contribution >= 0.6 is 0 Å². The Morgan fingerprint density at radius 3 is 2.44 bits per heavy atom. The molecule has 2 rings (SSSR count). The molecule has 0 atom stereocenters. The van der Waals surface area contributed by atoms with E-state index >= 15 is 0 Å². The van der Waals surface area contributed by atoms with Gasteiger partial charge in [-0.1, -0.05) is 12.8 Å². The topological polar surface area (TPSA) is 75.1 Å². The van der Waals surface area contributed by atoms with Crippen molar-refractivity contribution in [1.29, 1.82) is 0 Å². The molecule has 1 aliphatic rings. The third kappa shape index (κ3) is 1.95. The van der Waals surface area contributed by atoms with Gasteiger partial charge >= 0.3 is 5.97 Å². The first-order valence-corrected chi connectivity index (χ1v) is 5.11. The highest BCUT2D eigenvalue weighted by molar-refractivity contribution is 5.82. The van der Waals surface area contributed by atoms with Gasteiger partial charge in [0.1, 0.15) is 5.54 Å². The van der Waals surface area contributed by atoms with Crippen molar-refractivity contribution in [3.8, 4) is 0 Å². The zero-order valence-electron chi connectivity index (χ0n) is 8.61. The van der Waals surface area contributed by atoms with Gasteiger partial charge in [-0.25, -0.2) is 19.2 Å². The number of carbonyl (C=O) groups is 1. The van der Waals surface area contributed by atoms with Crippen molar-refractivity contribution < 1.29 is 14.3 Å². The second kappa shape index (κ2) is 4.03. The van der Waals surface area contributed by atoms with Crippen LogP contribution < -0.4 is 5.32 Å². The van der Waals surface area contributed by atoms with Crippen molar-refractivity contribution >= 4 is 11.9 Å². The van der Waals surface area contributed by atoms with Crippen molar-refractivity contribution in [3.63, 3.8) is 0 Å². The molecule has 0 radical (unpaired) electrons. The van der Waals surface area contributed by atoms with Gasteiger partial charge in [0.15, 0.2) is 5.82 Å². The molecule has 6 heteroatoms. The molecule has 1 fully saturated rings. The van der Waals surface area contributed by atoms with Crippen LogP contribution in [-0.4, -0.2) is 26.6 Å². The van der Waals surface area contributed by atoms with E-state index in [9.17, 15) is 14.3 Å². The van der Waals surface area contributed by atoms with Gasteiger partial charge in [-0.15, -0.1) is 0 Å². The summed E-state index contributed by atoms with van der Waals surface area (Å²) in [6.07, 6.45) is 4.84. The minimum atomic E-state index is -0.988. The first kappa shape index (κ1) is 10.8. The molecular weight excluding hydrogens is 213 g/mol. The maximum absolute atomic E-state index is 12.6. The number of nitrogens with zero attached hydrogens (tertiary/aromatic N) is 2. The average Bonchev–Trinajstić information content (AvgIpc) is 2.71. The SMILES string of the molecule is O=C(O)C1(Nc2ncc(F)cn2)CCCC1. The number of hydrogen-bond acceptors (Lipinski definition) is 4. The average molecular weight is 225 g/mol. The second-order valence-corrected chi connectivity index (χ2v) is 3.94. The number of carboxylic acids is 1. The van der Waals surface area contributed by atoms with E-state index in [-0.39, 0.29) is 5.95 Å². The lowest BCUT2D eigenvalue weighted by atomic mass is 9.98. The van der Waals surface area contributed by atoms with E-state index in [0.29, 0.717) is 12.8 Å². The van der Waals surface area contributed by atoms with Gasteiger partial charge in [0, 0.05) is 0 Å². The van der Waals surface area contributed by atoms with Gasteiger partial charge < -0.3 is 10.4 Å². The largest absolute Gasteiger partial charge is 0.480 e. The first-order chi connectivity index (χ1) is 7.62. The zero-order chi connectivity index (χ0) is 11.6. The summed E-state index contributed by atoms with van der Waals surface area (Å²) >= 11 is 0. The molecule has 16 heavy (non-hydrogen) atoms. The molecule has 0 bridgehead atoms. The van der Waals surface area contributed by atoms with Crippen molar-refractivity contribution in [1.82, 2.24) is 9.97 Å². The minimum absolute atomic E-state index is 0.158. The molecule has 86 valence electrons. The molecule has 1 aromatic rings. The highest BCUT2D eigenvalue weighted by Gasteiger charge is 2.41. The first-order valence-electron chi connectivity index (χ1n) is 5.11. The molecule has 0 aromatic carbocycles.